The third-order valence-electron chi connectivity index (χ3n) is 4.17. The van der Waals surface area contributed by atoms with Gasteiger partial charge >= 0.3 is 5.97 Å². The molecule has 0 spiro atoms. The van der Waals surface area contributed by atoms with Gasteiger partial charge in [0.1, 0.15) is 5.54 Å². The normalized spacial score (nSPS) is 37.4. The van der Waals surface area contributed by atoms with Crippen LogP contribution in [0.25, 0.3) is 0 Å². The van der Waals surface area contributed by atoms with Crippen LogP contribution in [0, 0.1) is 5.92 Å². The molecule has 0 radical (unpaired) electrons. The zero-order valence-corrected chi connectivity index (χ0v) is 10.4. The first-order valence-corrected chi connectivity index (χ1v) is 6.25. The van der Waals surface area contributed by atoms with Crippen molar-refractivity contribution in [3.63, 3.8) is 0 Å². The number of amides is 1. The SMILES string of the molecule is CC1CCNC1C(=O)N1CCCC1(C)C(=O)O. The monoisotopic (exact) mass is 240 g/mol. The Hall–Kier alpha value is -1.10. The Morgan fingerprint density at radius 2 is 2.18 bits per heavy atom. The number of rotatable bonds is 2. The lowest BCUT2D eigenvalue weighted by atomic mass is 9.96. The highest BCUT2D eigenvalue weighted by Gasteiger charge is 2.48. The van der Waals surface area contributed by atoms with Crippen LogP contribution in [-0.2, 0) is 9.59 Å². The molecular weight excluding hydrogens is 220 g/mol. The van der Waals surface area contributed by atoms with Gasteiger partial charge in [0.05, 0.1) is 6.04 Å². The highest BCUT2D eigenvalue weighted by atomic mass is 16.4. The number of carbonyl (C=O) groups is 2. The summed E-state index contributed by atoms with van der Waals surface area (Å²) in [6.07, 6.45) is 2.30. The van der Waals surface area contributed by atoms with Gasteiger partial charge in [-0.15, -0.1) is 0 Å². The number of carboxylic acid groups (broad SMARTS) is 1. The number of carboxylic acids is 1. The van der Waals surface area contributed by atoms with Crippen molar-refractivity contribution in [2.75, 3.05) is 13.1 Å². The first-order chi connectivity index (χ1) is 7.97. The van der Waals surface area contributed by atoms with Crippen LogP contribution in [0.2, 0.25) is 0 Å². The Balaban J connectivity index is 2.16. The molecule has 0 aliphatic carbocycles. The number of hydrogen-bond acceptors (Lipinski definition) is 3. The van der Waals surface area contributed by atoms with E-state index in [4.69, 9.17) is 0 Å². The molecule has 17 heavy (non-hydrogen) atoms. The van der Waals surface area contributed by atoms with Crippen LogP contribution in [0.5, 0.6) is 0 Å². The van der Waals surface area contributed by atoms with Crippen LogP contribution in [0.4, 0.5) is 0 Å². The average Bonchev–Trinajstić information content (AvgIpc) is 2.84. The maximum atomic E-state index is 12.4. The molecule has 5 heteroatoms. The van der Waals surface area contributed by atoms with Gasteiger partial charge in [0.2, 0.25) is 5.91 Å². The molecule has 2 N–H and O–H groups in total. The van der Waals surface area contributed by atoms with Gasteiger partial charge in [0.25, 0.3) is 0 Å². The van der Waals surface area contributed by atoms with Gasteiger partial charge in [-0.3, -0.25) is 4.79 Å². The highest BCUT2D eigenvalue weighted by molar-refractivity contribution is 5.90. The summed E-state index contributed by atoms with van der Waals surface area (Å²) in [6, 6.07) is -0.202. The minimum absolute atomic E-state index is 0.0441. The second kappa shape index (κ2) is 4.29. The van der Waals surface area contributed by atoms with E-state index in [1.165, 1.54) is 0 Å². The molecule has 0 aromatic carbocycles. The molecule has 0 aromatic heterocycles. The summed E-state index contributed by atoms with van der Waals surface area (Å²) in [5.41, 5.74) is -1.01. The van der Waals surface area contributed by atoms with Gasteiger partial charge in [-0.25, -0.2) is 4.79 Å². The average molecular weight is 240 g/mol. The lowest BCUT2D eigenvalue weighted by molar-refractivity contribution is -0.156. The van der Waals surface area contributed by atoms with Crippen molar-refractivity contribution < 1.29 is 14.7 Å². The van der Waals surface area contributed by atoms with Gasteiger partial charge in [0.15, 0.2) is 0 Å². The molecule has 2 aliphatic rings. The predicted octanol–water partition coefficient (Wildman–Crippen LogP) is 0.450. The van der Waals surface area contributed by atoms with E-state index < -0.39 is 11.5 Å². The fraction of sp³-hybridized carbons (Fsp3) is 0.833. The summed E-state index contributed by atoms with van der Waals surface area (Å²) in [7, 11) is 0. The number of likely N-dealkylation sites (tertiary alicyclic amines) is 1. The predicted molar refractivity (Wildman–Crippen MR) is 62.6 cm³/mol. The van der Waals surface area contributed by atoms with Crippen molar-refractivity contribution >= 4 is 11.9 Å². The summed E-state index contributed by atoms with van der Waals surface area (Å²) in [6.45, 7) is 5.10. The molecule has 0 aromatic rings. The Bertz CT molecular complexity index is 345. The minimum atomic E-state index is -1.01. The van der Waals surface area contributed by atoms with E-state index in [-0.39, 0.29) is 11.9 Å². The first-order valence-electron chi connectivity index (χ1n) is 6.25. The minimum Gasteiger partial charge on any atom is -0.480 e. The Labute approximate surface area is 101 Å². The van der Waals surface area contributed by atoms with Crippen molar-refractivity contribution in [1.29, 1.82) is 0 Å². The third-order valence-corrected chi connectivity index (χ3v) is 4.17. The number of carbonyl (C=O) groups excluding carboxylic acids is 1. The number of nitrogens with one attached hydrogen (secondary N) is 1. The van der Waals surface area contributed by atoms with Crippen LogP contribution in [-0.4, -0.2) is 46.6 Å². The third kappa shape index (κ3) is 1.92. The number of aliphatic carboxylic acids is 1. The van der Waals surface area contributed by atoms with E-state index in [2.05, 4.69) is 5.32 Å². The molecule has 2 rings (SSSR count). The summed E-state index contributed by atoms with van der Waals surface area (Å²) in [5.74, 6) is -0.646. The van der Waals surface area contributed by atoms with E-state index >= 15 is 0 Å². The van der Waals surface area contributed by atoms with Crippen molar-refractivity contribution in [2.45, 2.75) is 44.7 Å². The molecule has 3 atom stereocenters. The maximum Gasteiger partial charge on any atom is 0.329 e. The lowest BCUT2D eigenvalue weighted by Gasteiger charge is -2.34. The van der Waals surface area contributed by atoms with Crippen LogP contribution in [0.1, 0.15) is 33.1 Å². The van der Waals surface area contributed by atoms with Crippen LogP contribution in [0.3, 0.4) is 0 Å². The number of nitrogens with zero attached hydrogens (tertiary/aromatic N) is 1. The maximum absolute atomic E-state index is 12.4. The molecule has 5 nitrogen and oxygen atoms in total. The quantitative estimate of drug-likeness (QED) is 0.735. The van der Waals surface area contributed by atoms with Gasteiger partial charge in [-0.2, -0.15) is 0 Å². The summed E-state index contributed by atoms with van der Waals surface area (Å²) in [4.78, 5) is 25.2. The molecule has 0 saturated carbocycles. The second-order valence-corrected chi connectivity index (χ2v) is 5.37. The lowest BCUT2D eigenvalue weighted by Crippen LogP contribution is -2.56. The van der Waals surface area contributed by atoms with E-state index in [1.54, 1.807) is 11.8 Å². The summed E-state index contributed by atoms with van der Waals surface area (Å²) < 4.78 is 0. The molecule has 1 amide bonds. The van der Waals surface area contributed by atoms with Crippen molar-refractivity contribution in [1.82, 2.24) is 10.2 Å². The zero-order valence-electron chi connectivity index (χ0n) is 10.4. The first kappa shape index (κ1) is 12.4. The van der Waals surface area contributed by atoms with Crippen LogP contribution < -0.4 is 5.32 Å². The van der Waals surface area contributed by atoms with Crippen molar-refractivity contribution in [3.05, 3.63) is 0 Å². The van der Waals surface area contributed by atoms with E-state index in [1.807, 2.05) is 6.92 Å². The fourth-order valence-electron chi connectivity index (χ4n) is 2.87. The molecule has 96 valence electrons. The van der Waals surface area contributed by atoms with Crippen LogP contribution in [0.15, 0.2) is 0 Å². The molecule has 2 fully saturated rings. The standard InChI is InChI=1S/C12H20N2O3/c1-8-4-6-13-9(8)10(15)14-7-3-5-12(14,2)11(16)17/h8-9,13H,3-7H2,1-2H3,(H,16,17). The van der Waals surface area contributed by atoms with Gasteiger partial charge in [-0.05, 0) is 38.6 Å². The molecule has 2 aliphatic heterocycles. The van der Waals surface area contributed by atoms with Crippen molar-refractivity contribution in [2.24, 2.45) is 5.92 Å². The molecule has 2 saturated heterocycles. The highest BCUT2D eigenvalue weighted by Crippen LogP contribution is 2.31. The molecule has 3 unspecified atom stereocenters. The van der Waals surface area contributed by atoms with Gasteiger partial charge in [-0.1, -0.05) is 6.92 Å². The Morgan fingerprint density at radius 1 is 1.47 bits per heavy atom. The van der Waals surface area contributed by atoms with Gasteiger partial charge < -0.3 is 15.3 Å². The summed E-state index contributed by atoms with van der Waals surface area (Å²) >= 11 is 0. The van der Waals surface area contributed by atoms with E-state index in [0.717, 1.165) is 19.4 Å². The van der Waals surface area contributed by atoms with Crippen LogP contribution >= 0.6 is 0 Å². The molecule has 0 bridgehead atoms. The van der Waals surface area contributed by atoms with E-state index in [9.17, 15) is 14.7 Å². The number of hydrogen-bond donors (Lipinski definition) is 2. The smallest absolute Gasteiger partial charge is 0.329 e. The van der Waals surface area contributed by atoms with Gasteiger partial charge in [0, 0.05) is 6.54 Å². The zero-order chi connectivity index (χ0) is 12.6. The topological polar surface area (TPSA) is 69.6 Å². The largest absolute Gasteiger partial charge is 0.480 e. The second-order valence-electron chi connectivity index (χ2n) is 5.37. The Morgan fingerprint density at radius 3 is 2.71 bits per heavy atom. The van der Waals surface area contributed by atoms with E-state index in [0.29, 0.717) is 18.9 Å². The molecule has 2 heterocycles. The summed E-state index contributed by atoms with van der Waals surface area (Å²) in [5, 5.41) is 12.5. The Kier molecular flexibility index (Phi) is 3.12. The van der Waals surface area contributed by atoms with Crippen molar-refractivity contribution in [3.8, 4) is 0 Å². The molecular formula is C12H20N2O3. The fourth-order valence-corrected chi connectivity index (χ4v) is 2.87.